The molecule has 2 aromatic rings. The normalized spacial score (nSPS) is 21.3. The van der Waals surface area contributed by atoms with Gasteiger partial charge in [0.05, 0.1) is 11.6 Å². The highest BCUT2D eigenvalue weighted by molar-refractivity contribution is 6.46. The molecule has 0 aliphatic carbocycles. The van der Waals surface area contributed by atoms with Crippen LogP contribution in [0, 0.1) is 0 Å². The second kappa shape index (κ2) is 9.27. The van der Waals surface area contributed by atoms with Crippen LogP contribution < -0.4 is 9.64 Å². The van der Waals surface area contributed by atoms with Crippen molar-refractivity contribution < 1.29 is 24.2 Å². The first-order chi connectivity index (χ1) is 15.8. The molecule has 2 heterocycles. The van der Waals surface area contributed by atoms with Gasteiger partial charge in [-0.1, -0.05) is 12.1 Å². The molecule has 0 bridgehead atoms. The van der Waals surface area contributed by atoms with Crippen LogP contribution >= 0.6 is 0 Å². The Balaban J connectivity index is 1.79. The summed E-state index contributed by atoms with van der Waals surface area (Å²) in [6.45, 7) is 2.81. The third-order valence-electron chi connectivity index (χ3n) is 6.18. The Labute approximate surface area is 194 Å². The van der Waals surface area contributed by atoms with E-state index in [9.17, 15) is 14.7 Å². The Bertz CT molecular complexity index is 1090. The number of carbonyl (C=O) groups is 2. The van der Waals surface area contributed by atoms with Crippen molar-refractivity contribution in [3.8, 4) is 5.75 Å². The van der Waals surface area contributed by atoms with Gasteiger partial charge in [0.2, 0.25) is 0 Å². The monoisotopic (exact) mass is 450 g/mol. The molecular weight excluding hydrogens is 420 g/mol. The van der Waals surface area contributed by atoms with Gasteiger partial charge in [0, 0.05) is 52.0 Å². The Hall–Kier alpha value is -3.32. The van der Waals surface area contributed by atoms with Crippen molar-refractivity contribution in [2.75, 3.05) is 39.3 Å². The molecule has 1 fully saturated rings. The van der Waals surface area contributed by atoms with Crippen molar-refractivity contribution in [1.82, 2.24) is 4.90 Å². The summed E-state index contributed by atoms with van der Waals surface area (Å²) in [4.78, 5) is 29.6. The number of likely N-dealkylation sites (tertiary alicyclic amines) is 1. The van der Waals surface area contributed by atoms with E-state index in [1.54, 1.807) is 13.2 Å². The van der Waals surface area contributed by atoms with Gasteiger partial charge < -0.3 is 24.4 Å². The molecule has 0 unspecified atom stereocenters. The van der Waals surface area contributed by atoms with Crippen molar-refractivity contribution in [1.29, 1.82) is 0 Å². The Morgan fingerprint density at radius 3 is 2.58 bits per heavy atom. The fourth-order valence-corrected chi connectivity index (χ4v) is 4.52. The zero-order valence-corrected chi connectivity index (χ0v) is 19.5. The molecule has 2 aliphatic rings. The van der Waals surface area contributed by atoms with E-state index in [0.29, 0.717) is 25.1 Å². The van der Waals surface area contributed by atoms with Crippen LogP contribution in [0.15, 0.2) is 48.0 Å². The van der Waals surface area contributed by atoms with Gasteiger partial charge in [-0.2, -0.15) is 0 Å². The summed E-state index contributed by atoms with van der Waals surface area (Å²) in [6.07, 6.45) is 1.39. The van der Waals surface area contributed by atoms with Gasteiger partial charge in [-0.15, -0.1) is 0 Å². The number of ether oxygens (including phenoxy) is 2. The minimum atomic E-state index is -0.670. The standard InChI is InChI=1S/C26H30N2O5/c1-16-14-19-15-18(8-11-21(19)33-16)24(29)22-23(17-6-9-20(10-7-17)27(2)3)28(12-5-13-32-4)26(31)25(22)30/h6-11,15-16,23,29H,5,12-14H2,1-4H3/b24-22+/t16-,23-/m1/s1. The van der Waals surface area contributed by atoms with Gasteiger partial charge >= 0.3 is 0 Å². The molecular formula is C26H30N2O5. The van der Waals surface area contributed by atoms with E-state index in [-0.39, 0.29) is 17.4 Å². The molecule has 7 heteroatoms. The zero-order chi connectivity index (χ0) is 23.7. The molecule has 1 N–H and O–H groups in total. The lowest BCUT2D eigenvalue weighted by molar-refractivity contribution is -0.140. The van der Waals surface area contributed by atoms with Gasteiger partial charge in [0.1, 0.15) is 17.6 Å². The van der Waals surface area contributed by atoms with Gasteiger partial charge in [0.25, 0.3) is 11.7 Å². The molecule has 2 atom stereocenters. The van der Waals surface area contributed by atoms with Crippen molar-refractivity contribution in [2.24, 2.45) is 0 Å². The van der Waals surface area contributed by atoms with Crippen LogP contribution in [0.5, 0.6) is 5.75 Å². The quantitative estimate of drug-likeness (QED) is 0.301. The number of Topliss-reactive ketones (excluding diaryl/α,β-unsaturated/α-hetero) is 1. The van der Waals surface area contributed by atoms with E-state index in [4.69, 9.17) is 9.47 Å². The van der Waals surface area contributed by atoms with Crippen LogP contribution in [0.1, 0.15) is 36.1 Å². The summed E-state index contributed by atoms with van der Waals surface area (Å²) >= 11 is 0. The van der Waals surface area contributed by atoms with Crippen LogP contribution in [0.2, 0.25) is 0 Å². The van der Waals surface area contributed by atoms with Crippen LogP contribution in [0.25, 0.3) is 5.76 Å². The number of rotatable bonds is 7. The molecule has 7 nitrogen and oxygen atoms in total. The number of aliphatic hydroxyl groups excluding tert-OH is 1. The van der Waals surface area contributed by atoms with Crippen LogP contribution in [0.4, 0.5) is 5.69 Å². The highest BCUT2D eigenvalue weighted by Crippen LogP contribution is 2.41. The van der Waals surface area contributed by atoms with E-state index in [1.165, 1.54) is 4.90 Å². The number of aliphatic hydroxyl groups is 1. The summed E-state index contributed by atoms with van der Waals surface area (Å²) in [6, 6.07) is 12.4. The zero-order valence-electron chi connectivity index (χ0n) is 19.5. The molecule has 4 rings (SSSR count). The third kappa shape index (κ3) is 4.33. The minimum absolute atomic E-state index is 0.0685. The summed E-state index contributed by atoms with van der Waals surface area (Å²) in [5.41, 5.74) is 3.38. The summed E-state index contributed by atoms with van der Waals surface area (Å²) in [5.74, 6) is -0.648. The molecule has 2 aliphatic heterocycles. The number of anilines is 1. The maximum absolute atomic E-state index is 13.1. The first-order valence-electron chi connectivity index (χ1n) is 11.2. The second-order valence-electron chi connectivity index (χ2n) is 8.78. The number of benzene rings is 2. The van der Waals surface area contributed by atoms with E-state index in [2.05, 4.69) is 0 Å². The average molecular weight is 451 g/mol. The van der Waals surface area contributed by atoms with Gasteiger partial charge in [-0.3, -0.25) is 9.59 Å². The fraction of sp³-hybridized carbons (Fsp3) is 0.385. The maximum Gasteiger partial charge on any atom is 0.295 e. The molecule has 174 valence electrons. The van der Waals surface area contributed by atoms with Crippen molar-refractivity contribution >= 4 is 23.1 Å². The summed E-state index contributed by atoms with van der Waals surface area (Å²) < 4.78 is 10.9. The second-order valence-corrected chi connectivity index (χ2v) is 8.78. The summed E-state index contributed by atoms with van der Waals surface area (Å²) in [7, 11) is 5.50. The predicted molar refractivity (Wildman–Crippen MR) is 127 cm³/mol. The molecule has 0 radical (unpaired) electrons. The summed E-state index contributed by atoms with van der Waals surface area (Å²) in [5, 5.41) is 11.3. The Kier molecular flexibility index (Phi) is 6.42. The van der Waals surface area contributed by atoms with Crippen LogP contribution in [0.3, 0.4) is 0 Å². The van der Waals surface area contributed by atoms with E-state index in [0.717, 1.165) is 29.0 Å². The number of carbonyl (C=O) groups excluding carboxylic acids is 2. The lowest BCUT2D eigenvalue weighted by Crippen LogP contribution is -2.31. The number of methoxy groups -OCH3 is 1. The van der Waals surface area contributed by atoms with Crippen molar-refractivity contribution in [3.63, 3.8) is 0 Å². The lowest BCUT2D eigenvalue weighted by Gasteiger charge is -2.26. The smallest absolute Gasteiger partial charge is 0.295 e. The van der Waals surface area contributed by atoms with Crippen molar-refractivity contribution in [3.05, 3.63) is 64.7 Å². The molecule has 0 spiro atoms. The first-order valence-corrected chi connectivity index (χ1v) is 11.2. The topological polar surface area (TPSA) is 79.3 Å². The SMILES string of the molecule is COCCCN1C(=O)C(=O)/C(=C(/O)c2ccc3c(c2)C[C@@H](C)O3)[C@H]1c1ccc(N(C)C)cc1. The fourth-order valence-electron chi connectivity index (χ4n) is 4.52. The highest BCUT2D eigenvalue weighted by Gasteiger charge is 2.45. The average Bonchev–Trinajstić information content (AvgIpc) is 3.29. The van der Waals surface area contributed by atoms with E-state index in [1.807, 2.05) is 62.3 Å². The molecule has 2 aromatic carbocycles. The van der Waals surface area contributed by atoms with E-state index < -0.39 is 17.7 Å². The number of hydrogen-bond acceptors (Lipinski definition) is 6. The molecule has 1 amide bonds. The molecule has 33 heavy (non-hydrogen) atoms. The predicted octanol–water partition coefficient (Wildman–Crippen LogP) is 3.53. The molecule has 0 saturated carbocycles. The third-order valence-corrected chi connectivity index (χ3v) is 6.18. The number of nitrogens with zero attached hydrogens (tertiary/aromatic N) is 2. The first kappa shape index (κ1) is 22.9. The Morgan fingerprint density at radius 1 is 1.18 bits per heavy atom. The van der Waals surface area contributed by atoms with Gasteiger partial charge in [0.15, 0.2) is 0 Å². The molecule has 0 aromatic heterocycles. The number of ketones is 1. The van der Waals surface area contributed by atoms with Gasteiger partial charge in [-0.05, 0) is 54.8 Å². The van der Waals surface area contributed by atoms with Crippen LogP contribution in [-0.2, 0) is 20.7 Å². The van der Waals surface area contributed by atoms with Crippen molar-refractivity contribution in [2.45, 2.75) is 31.9 Å². The minimum Gasteiger partial charge on any atom is -0.507 e. The van der Waals surface area contributed by atoms with E-state index >= 15 is 0 Å². The Morgan fingerprint density at radius 2 is 1.91 bits per heavy atom. The lowest BCUT2D eigenvalue weighted by atomic mass is 9.94. The molecule has 1 saturated heterocycles. The van der Waals surface area contributed by atoms with Gasteiger partial charge in [-0.25, -0.2) is 0 Å². The largest absolute Gasteiger partial charge is 0.507 e. The maximum atomic E-state index is 13.1. The number of hydrogen-bond donors (Lipinski definition) is 1. The number of amides is 1. The highest BCUT2D eigenvalue weighted by atomic mass is 16.5. The van der Waals surface area contributed by atoms with Crippen LogP contribution in [-0.4, -0.2) is 62.2 Å². The number of fused-ring (bicyclic) bond motifs is 1.